The Bertz CT molecular complexity index is 23.8. The molecule has 0 fully saturated rings. The zero-order valence-corrected chi connectivity index (χ0v) is 21.5. The van der Waals surface area contributed by atoms with Crippen LogP contribution in [0, 0.1) is 35.6 Å². The van der Waals surface area contributed by atoms with Crippen LogP contribution in [0.2, 0.25) is 0 Å². The van der Waals surface area contributed by atoms with Gasteiger partial charge in [-0.05, 0) is 0 Å². The zero-order valence-electron chi connectivity index (χ0n) is 6.49. The summed E-state index contributed by atoms with van der Waals surface area (Å²) in [5, 5.41) is 0. The molecule has 0 atom stereocenters. The molecule has 0 aliphatic heterocycles. The zero-order chi connectivity index (χ0) is 0. The second kappa shape index (κ2) is 30.4. The Balaban J connectivity index is 0. The molecule has 0 aliphatic carbocycles. The average molecular weight is 633 g/mol. The molecule has 0 rings (SSSR count). The van der Waals surface area contributed by atoms with E-state index in [0.717, 1.165) is 0 Å². The Hall–Kier alpha value is 6.10. The van der Waals surface area contributed by atoms with Gasteiger partial charge in [-0.25, -0.2) is 0 Å². The number of rotatable bonds is 0. The summed E-state index contributed by atoms with van der Waals surface area (Å²) in [4.78, 5) is 0. The third-order valence-corrected chi connectivity index (χ3v) is 0. The molecule has 0 aliphatic rings. The standard InChI is InChI=1S/Al.Ba.La.Na.Pb.Zr.8H/q;+2;;+1;;;;;;;;3*-1. The first-order chi connectivity index (χ1) is 0. The van der Waals surface area contributed by atoms with Crippen LogP contribution in [0.25, 0.3) is 0 Å². The molecular weight excluding hydrogens is 625 g/mol. The van der Waals surface area contributed by atoms with Gasteiger partial charge in [-0.1, -0.05) is 0 Å². The number of hydrogen-bond acceptors (Lipinski definition) is 0. The van der Waals surface area contributed by atoms with E-state index in [0.29, 0.717) is 0 Å². The molecule has 0 N–H and O–H groups in total. The van der Waals surface area contributed by atoms with Crippen LogP contribution in [0.3, 0.4) is 0 Å². The monoisotopic (exact) mass is 633 g/mol. The third kappa shape index (κ3) is 22.5. The molecule has 0 bridgehead atoms. The Morgan fingerprint density at radius 1 is 1.17 bits per heavy atom. The molecule has 25 valence electrons. The molecule has 0 nitrogen and oxygen atoms in total. The first kappa shape index (κ1) is 40.1. The molecule has 6 heavy (non-hydrogen) atoms. The van der Waals surface area contributed by atoms with Crippen molar-refractivity contribution in [2.75, 3.05) is 0 Å². The fraction of sp³-hybridized carbons (Fsp3) is 0. The van der Waals surface area contributed by atoms with Crippen LogP contribution in [0.5, 0.6) is 0 Å². The number of hydrogen-bond donors (Lipinski definition) is 0. The van der Waals surface area contributed by atoms with Crippen molar-refractivity contribution in [2.24, 2.45) is 0 Å². The van der Waals surface area contributed by atoms with Gasteiger partial charge in [0.1, 0.15) is 0 Å². The van der Waals surface area contributed by atoms with E-state index in [-0.39, 0.29) is 189 Å². The molecule has 0 saturated carbocycles. The maximum Gasteiger partial charge on any atom is 0 e. The van der Waals surface area contributed by atoms with Crippen LogP contribution < -0.4 is 29.6 Å². The summed E-state index contributed by atoms with van der Waals surface area (Å²) in [6.45, 7) is 0. The minimum Gasteiger partial charge on any atom is 0 e. The van der Waals surface area contributed by atoms with Gasteiger partial charge in [0, 0.05) is 61.8 Å². The van der Waals surface area contributed by atoms with Crippen LogP contribution in [-0.2, 0) is 26.2 Å². The molecule has 0 aromatic carbocycles. The van der Waals surface area contributed by atoms with Crippen molar-refractivity contribution in [3.8, 4) is 0 Å². The molecule has 0 amide bonds. The van der Waals surface area contributed by atoms with Gasteiger partial charge >= 0.3 is 106 Å². The van der Waals surface area contributed by atoms with Crippen molar-refractivity contribution in [1.82, 2.24) is 0 Å². The van der Waals surface area contributed by atoms with Gasteiger partial charge in [0.2, 0.25) is 0 Å². The third-order valence-electron chi connectivity index (χ3n) is 0. The van der Waals surface area contributed by atoms with Crippen LogP contribution in [-0.4, -0.2) is 93.5 Å². The molecule has 0 spiro atoms. The maximum absolute atomic E-state index is 0. The maximum atomic E-state index is 0. The fourth-order valence-electron chi connectivity index (χ4n) is 0. The van der Waals surface area contributed by atoms with Gasteiger partial charge in [-0.15, -0.1) is 0 Å². The fourth-order valence-corrected chi connectivity index (χ4v) is 0. The summed E-state index contributed by atoms with van der Waals surface area (Å²) in [6, 6.07) is 0. The Morgan fingerprint density at radius 2 is 1.17 bits per heavy atom. The summed E-state index contributed by atoms with van der Waals surface area (Å²) in [5.74, 6) is 0. The SMILES string of the molecule is [AlH3].[Ba+2].[H-].[H-].[H-].[La].[Na+].[PbH2].[Zr]. The van der Waals surface area contributed by atoms with E-state index < -0.39 is 0 Å². The summed E-state index contributed by atoms with van der Waals surface area (Å²) in [7, 11) is 0. The van der Waals surface area contributed by atoms with Crippen LogP contribution >= 0.6 is 0 Å². The smallest absolute Gasteiger partial charge is 0 e. The molecule has 0 saturated heterocycles. The molecular formula is H8AlBaLaNaPbZr. The van der Waals surface area contributed by atoms with Gasteiger partial charge in [0.15, 0.2) is 17.4 Å². The molecule has 0 unspecified atom stereocenters. The van der Waals surface area contributed by atoms with E-state index in [1.165, 1.54) is 0 Å². The van der Waals surface area contributed by atoms with Crippen LogP contribution in [0.4, 0.5) is 0 Å². The van der Waals surface area contributed by atoms with E-state index in [2.05, 4.69) is 0 Å². The first-order valence-corrected chi connectivity index (χ1v) is 0. The van der Waals surface area contributed by atoms with Crippen molar-refractivity contribution in [3.63, 3.8) is 0 Å². The summed E-state index contributed by atoms with van der Waals surface area (Å²) < 4.78 is 0. The van der Waals surface area contributed by atoms with Crippen molar-refractivity contribution in [3.05, 3.63) is 0 Å². The Kier molecular flexibility index (Phi) is 203. The largest absolute Gasteiger partial charge is 0 e. The van der Waals surface area contributed by atoms with Crippen LogP contribution in [0.15, 0.2) is 0 Å². The predicted molar refractivity (Wildman–Crippen MR) is 27.6 cm³/mol. The van der Waals surface area contributed by atoms with Crippen molar-refractivity contribution >= 4 is 93.5 Å². The van der Waals surface area contributed by atoms with Gasteiger partial charge < -0.3 is 4.28 Å². The second-order valence-corrected chi connectivity index (χ2v) is 0. The summed E-state index contributed by atoms with van der Waals surface area (Å²) in [5.41, 5.74) is 0. The van der Waals surface area contributed by atoms with E-state index in [9.17, 15) is 0 Å². The topological polar surface area (TPSA) is 0 Å². The minimum atomic E-state index is 0. The van der Waals surface area contributed by atoms with Crippen molar-refractivity contribution in [1.29, 1.82) is 0 Å². The Morgan fingerprint density at radius 3 is 1.17 bits per heavy atom. The van der Waals surface area contributed by atoms with Gasteiger partial charge in [-0.3, -0.25) is 0 Å². The van der Waals surface area contributed by atoms with E-state index >= 15 is 0 Å². The molecule has 0 aromatic heterocycles. The van der Waals surface area contributed by atoms with Crippen molar-refractivity contribution < 1.29 is 95.6 Å². The normalized spacial score (nSPS) is 0. The summed E-state index contributed by atoms with van der Waals surface area (Å²) >= 11 is 0. The molecule has 3 radical (unpaired) electrons. The van der Waals surface area contributed by atoms with E-state index in [1.807, 2.05) is 0 Å². The van der Waals surface area contributed by atoms with Gasteiger partial charge in [-0.2, -0.15) is 0 Å². The van der Waals surface area contributed by atoms with Crippen molar-refractivity contribution in [2.45, 2.75) is 0 Å². The van der Waals surface area contributed by atoms with E-state index in [4.69, 9.17) is 0 Å². The molecule has 0 heterocycles. The quantitative estimate of drug-likeness (QED) is 0.235. The predicted octanol–water partition coefficient (Wildman–Crippen LogP) is -5.14. The average Bonchev–Trinajstić information content (AvgIpc) is 0. The molecule has 6 heteroatoms. The van der Waals surface area contributed by atoms with Gasteiger partial charge in [0.25, 0.3) is 0 Å². The van der Waals surface area contributed by atoms with Gasteiger partial charge in [0.05, 0.1) is 0 Å². The second-order valence-electron chi connectivity index (χ2n) is 0. The summed E-state index contributed by atoms with van der Waals surface area (Å²) in [6.07, 6.45) is 0. The Labute approximate surface area is 183 Å². The first-order valence-electron chi connectivity index (χ1n) is 0. The van der Waals surface area contributed by atoms with E-state index in [1.54, 1.807) is 0 Å². The van der Waals surface area contributed by atoms with Crippen LogP contribution in [0.1, 0.15) is 4.28 Å². The molecule has 0 aromatic rings. The minimum absolute atomic E-state index is 0.